The highest BCUT2D eigenvalue weighted by molar-refractivity contribution is 7.50. The molecule has 1 fully saturated rings. The van der Waals surface area contributed by atoms with E-state index in [4.69, 9.17) is 13.6 Å². The van der Waals surface area contributed by atoms with Crippen molar-refractivity contribution in [2.75, 3.05) is 0 Å². The van der Waals surface area contributed by atoms with Crippen molar-refractivity contribution < 1.29 is 18.1 Å². The van der Waals surface area contributed by atoms with Crippen LogP contribution in [0.1, 0.15) is 78.1 Å². The largest absolute Gasteiger partial charge is 0.651 e. The smallest absolute Gasteiger partial charge is 0.386 e. The molecule has 0 aromatic carbocycles. The van der Waals surface area contributed by atoms with Crippen molar-refractivity contribution in [1.29, 1.82) is 0 Å². The Morgan fingerprint density at radius 1 is 0.905 bits per heavy atom. The third-order valence-electron chi connectivity index (χ3n) is 3.91. The summed E-state index contributed by atoms with van der Waals surface area (Å²) in [6.45, 7) is 4.11. The Labute approximate surface area is 128 Å². The first-order chi connectivity index (χ1) is 10.1. The number of phosphoric acid groups is 1. The molecule has 120 valence electrons. The summed E-state index contributed by atoms with van der Waals surface area (Å²) in [7, 11) is -3.24. The van der Waals surface area contributed by atoms with E-state index in [0.29, 0.717) is 11.7 Å². The lowest BCUT2D eigenvalue weighted by Gasteiger charge is -2.34. The summed E-state index contributed by atoms with van der Waals surface area (Å²) in [5.74, 6) is 1.04. The zero-order chi connectivity index (χ0) is 15.1. The average molecular weight is 314 g/mol. The van der Waals surface area contributed by atoms with E-state index in [9.17, 15) is 4.57 Å². The molecule has 0 spiro atoms. The maximum absolute atomic E-state index is 11.6. The van der Waals surface area contributed by atoms with E-state index in [0.717, 1.165) is 18.4 Å². The molecule has 4 nitrogen and oxygen atoms in total. The monoisotopic (exact) mass is 314 g/mol. The highest BCUT2D eigenvalue weighted by Crippen LogP contribution is 2.68. The normalized spacial score (nSPS) is 20.6. The van der Waals surface area contributed by atoms with E-state index in [1.807, 2.05) is 13.0 Å². The van der Waals surface area contributed by atoms with Gasteiger partial charge in [0.2, 0.25) is 0 Å². The van der Waals surface area contributed by atoms with Crippen molar-refractivity contribution in [3.05, 3.63) is 23.4 Å². The second kappa shape index (κ2) is 7.93. The lowest BCUT2D eigenvalue weighted by Crippen LogP contribution is -2.19. The molecule has 21 heavy (non-hydrogen) atoms. The Kier molecular flexibility index (Phi) is 6.22. The summed E-state index contributed by atoms with van der Waals surface area (Å²) in [4.78, 5) is 0. The van der Waals surface area contributed by atoms with Crippen LogP contribution in [0.15, 0.2) is 23.4 Å². The number of fused-ring (bicyclic) bond motifs is 2. The fourth-order valence-electron chi connectivity index (χ4n) is 2.55. The van der Waals surface area contributed by atoms with Gasteiger partial charge in [-0.1, -0.05) is 58.3 Å². The molecule has 3 aliphatic rings. The van der Waals surface area contributed by atoms with Gasteiger partial charge in [-0.25, -0.2) is 0 Å². The molecule has 1 saturated heterocycles. The highest BCUT2D eigenvalue weighted by atomic mass is 31.2. The van der Waals surface area contributed by atoms with Gasteiger partial charge in [-0.3, -0.25) is 0 Å². The van der Waals surface area contributed by atoms with Crippen LogP contribution in [0.4, 0.5) is 0 Å². The molecule has 0 amide bonds. The molecular weight excluding hydrogens is 287 g/mol. The first kappa shape index (κ1) is 16.5. The van der Waals surface area contributed by atoms with Crippen LogP contribution < -0.4 is 0 Å². The SMILES string of the molecule is CCCCCCCCCCC/C=C1\OP2(=O)OC(=C1C)O2. The summed E-state index contributed by atoms with van der Waals surface area (Å²) in [5, 5.41) is 0. The van der Waals surface area contributed by atoms with E-state index in [2.05, 4.69) is 6.92 Å². The van der Waals surface area contributed by atoms with Gasteiger partial charge in [0.05, 0.1) is 5.57 Å². The molecule has 3 rings (SSSR count). The van der Waals surface area contributed by atoms with Gasteiger partial charge >= 0.3 is 13.8 Å². The van der Waals surface area contributed by atoms with Gasteiger partial charge in [-0.15, -0.1) is 0 Å². The van der Waals surface area contributed by atoms with Crippen LogP contribution in [0.5, 0.6) is 0 Å². The Balaban J connectivity index is 1.53. The number of unbranched alkanes of at least 4 members (excludes halogenated alkanes) is 9. The predicted molar refractivity (Wildman–Crippen MR) is 83.5 cm³/mol. The minimum absolute atomic E-state index is 0.364. The third kappa shape index (κ3) is 4.81. The van der Waals surface area contributed by atoms with Gasteiger partial charge in [0.15, 0.2) is 0 Å². The molecule has 0 aromatic heterocycles. The predicted octanol–water partition coefficient (Wildman–Crippen LogP) is 6.21. The molecule has 0 atom stereocenters. The first-order valence-electron chi connectivity index (χ1n) is 8.25. The number of hydrogen-bond donors (Lipinski definition) is 0. The van der Waals surface area contributed by atoms with E-state index in [1.54, 1.807) is 0 Å². The van der Waals surface area contributed by atoms with Gasteiger partial charge in [-0.05, 0) is 25.8 Å². The van der Waals surface area contributed by atoms with Crippen LogP contribution in [-0.4, -0.2) is 0 Å². The summed E-state index contributed by atoms with van der Waals surface area (Å²) < 4.78 is 26.8. The van der Waals surface area contributed by atoms with Crippen LogP contribution in [0.3, 0.4) is 0 Å². The Morgan fingerprint density at radius 2 is 1.48 bits per heavy atom. The molecule has 0 aromatic rings. The second-order valence-corrected chi connectivity index (χ2v) is 7.26. The van der Waals surface area contributed by atoms with Crippen LogP contribution in [-0.2, 0) is 18.1 Å². The molecular formula is C16H27O4P. The zero-order valence-electron chi connectivity index (χ0n) is 13.2. The zero-order valence-corrected chi connectivity index (χ0v) is 14.1. The number of hydrogen-bond acceptors (Lipinski definition) is 4. The van der Waals surface area contributed by atoms with E-state index < -0.39 is 7.82 Å². The summed E-state index contributed by atoms with van der Waals surface area (Å²) in [6.07, 6.45) is 14.8. The van der Waals surface area contributed by atoms with Gasteiger partial charge in [0.25, 0.3) is 0 Å². The summed E-state index contributed by atoms with van der Waals surface area (Å²) in [6, 6.07) is 0. The minimum Gasteiger partial charge on any atom is -0.386 e. The average Bonchev–Trinajstić information content (AvgIpc) is 2.43. The first-order valence-corrected chi connectivity index (χ1v) is 9.71. The molecule has 0 saturated carbocycles. The maximum atomic E-state index is 11.6. The molecule has 0 aliphatic carbocycles. The number of rotatable bonds is 10. The Bertz CT molecular complexity index is 441. The Hall–Kier alpha value is -0.890. The third-order valence-corrected chi connectivity index (χ3v) is 5.11. The van der Waals surface area contributed by atoms with Crippen molar-refractivity contribution in [1.82, 2.24) is 0 Å². The van der Waals surface area contributed by atoms with Crippen molar-refractivity contribution in [3.63, 3.8) is 0 Å². The van der Waals surface area contributed by atoms with Gasteiger partial charge in [-0.2, -0.15) is 4.57 Å². The fraction of sp³-hybridized carbons (Fsp3) is 0.750. The van der Waals surface area contributed by atoms with E-state index in [-0.39, 0.29) is 0 Å². The molecule has 5 heteroatoms. The molecule has 0 N–H and O–H groups in total. The maximum Gasteiger partial charge on any atom is 0.651 e. The van der Waals surface area contributed by atoms with Gasteiger partial charge < -0.3 is 13.6 Å². The van der Waals surface area contributed by atoms with Gasteiger partial charge in [0, 0.05) is 0 Å². The Morgan fingerprint density at radius 3 is 2.10 bits per heavy atom. The van der Waals surface area contributed by atoms with Crippen molar-refractivity contribution in [3.8, 4) is 0 Å². The summed E-state index contributed by atoms with van der Waals surface area (Å²) in [5.41, 5.74) is 0.809. The molecule has 0 radical (unpaired) electrons. The second-order valence-electron chi connectivity index (χ2n) is 5.82. The number of phosphoric ester groups is 1. The van der Waals surface area contributed by atoms with Crippen LogP contribution in [0, 0.1) is 0 Å². The summed E-state index contributed by atoms with van der Waals surface area (Å²) >= 11 is 0. The van der Waals surface area contributed by atoms with E-state index >= 15 is 0 Å². The lowest BCUT2D eigenvalue weighted by molar-refractivity contribution is 0.0308. The molecule has 2 bridgehead atoms. The van der Waals surface area contributed by atoms with Crippen molar-refractivity contribution >= 4 is 7.82 Å². The standard InChI is InChI=1S/C16H27O4P/c1-3-4-5-6-7-8-9-10-11-12-13-15-14(2)16-19-21(17,18-15)20-16/h13H,3-12H2,1-2H3/b15-13-. The topological polar surface area (TPSA) is 44.8 Å². The molecule has 3 aliphatic heterocycles. The molecule has 3 heterocycles. The van der Waals surface area contributed by atoms with Crippen LogP contribution in [0.2, 0.25) is 0 Å². The molecule has 0 unspecified atom stereocenters. The highest BCUT2D eigenvalue weighted by Gasteiger charge is 2.51. The van der Waals surface area contributed by atoms with Crippen molar-refractivity contribution in [2.45, 2.75) is 78.1 Å². The van der Waals surface area contributed by atoms with Crippen molar-refractivity contribution in [2.24, 2.45) is 0 Å². The fourth-order valence-corrected chi connectivity index (χ4v) is 3.77. The van der Waals surface area contributed by atoms with Crippen LogP contribution in [0.25, 0.3) is 0 Å². The van der Waals surface area contributed by atoms with E-state index in [1.165, 1.54) is 51.4 Å². The van der Waals surface area contributed by atoms with Crippen LogP contribution >= 0.6 is 7.82 Å². The van der Waals surface area contributed by atoms with Gasteiger partial charge in [0.1, 0.15) is 5.76 Å². The number of allylic oxidation sites excluding steroid dienone is 2. The lowest BCUT2D eigenvalue weighted by atomic mass is 10.1. The quantitative estimate of drug-likeness (QED) is 0.355. The minimum atomic E-state index is -3.24.